The molecule has 0 aliphatic carbocycles. The predicted octanol–water partition coefficient (Wildman–Crippen LogP) is 10.8. The second kappa shape index (κ2) is 23.2. The SMILES string of the molecule is [C-]#[N+]/C(c1cnc2ccccc2n1)=c1\c2c(-c3cccc(OCC(C)C)c3)n(B(c3ccccc3)c3ccccc3)/c(=C(/C#N)c3cnc4ccccc4n3)c2c(-c2cccc(OCC(C)C)c2)n1B(c1ccccc1)c1ccccc1. The van der Waals surface area contributed by atoms with Gasteiger partial charge in [0, 0.05) is 44.8 Å². The van der Waals surface area contributed by atoms with Gasteiger partial charge in [0.2, 0.25) is 5.70 Å². The lowest BCUT2D eigenvalue weighted by atomic mass is 9.50. The average molecular weight is 1060 g/mol. The third-order valence-corrected chi connectivity index (χ3v) is 14.6. The Labute approximate surface area is 478 Å². The highest BCUT2D eigenvalue weighted by molar-refractivity contribution is 6.85. The molecule has 0 unspecified atom stereocenters. The summed E-state index contributed by atoms with van der Waals surface area (Å²) in [6.45, 7) is 18.0. The van der Waals surface area contributed by atoms with Crippen molar-refractivity contribution in [3.63, 3.8) is 0 Å². The number of nitriles is 1. The molecule has 12 aromatic rings. The van der Waals surface area contributed by atoms with Crippen molar-refractivity contribution in [2.24, 2.45) is 11.8 Å². The van der Waals surface area contributed by atoms with Crippen LogP contribution in [0.1, 0.15) is 39.1 Å². The molecule has 394 valence electrons. The Morgan fingerprint density at radius 3 is 1.28 bits per heavy atom. The maximum Gasteiger partial charge on any atom is 0.328 e. The summed E-state index contributed by atoms with van der Waals surface area (Å²) in [7, 11) is 0. The molecule has 4 heterocycles. The largest absolute Gasteiger partial charge is 0.493 e. The number of hydrogen-bond acceptors (Lipinski definition) is 7. The number of para-hydroxylation sites is 4. The Hall–Kier alpha value is -10.3. The summed E-state index contributed by atoms with van der Waals surface area (Å²) in [4.78, 5) is 25.2. The molecule has 12 heteroatoms. The van der Waals surface area contributed by atoms with Crippen LogP contribution in [-0.4, -0.2) is 55.8 Å². The predicted molar refractivity (Wildman–Crippen MR) is 334 cm³/mol. The van der Waals surface area contributed by atoms with Crippen LogP contribution in [0, 0.1) is 29.7 Å². The molecule has 10 nitrogen and oxygen atoms in total. The minimum absolute atomic E-state index is 0.248. The zero-order chi connectivity index (χ0) is 56.1. The van der Waals surface area contributed by atoms with E-state index in [2.05, 4.69) is 169 Å². The molecule has 8 aromatic carbocycles. The molecule has 0 saturated carbocycles. The summed E-state index contributed by atoms with van der Waals surface area (Å²) in [5, 5.41) is 14.9. The van der Waals surface area contributed by atoms with Crippen molar-refractivity contribution in [3.8, 4) is 40.1 Å². The first-order valence-electron chi connectivity index (χ1n) is 27.7. The second-order valence-corrected chi connectivity index (χ2v) is 21.2. The zero-order valence-corrected chi connectivity index (χ0v) is 46.1. The fraction of sp³-hybridized carbons (Fsp3) is 0.114. The van der Waals surface area contributed by atoms with Crippen LogP contribution in [0.25, 0.3) is 71.5 Å². The third-order valence-electron chi connectivity index (χ3n) is 14.6. The first kappa shape index (κ1) is 52.4. The lowest BCUT2D eigenvalue weighted by molar-refractivity contribution is 0.271. The molecule has 0 aliphatic rings. The van der Waals surface area contributed by atoms with E-state index in [9.17, 15) is 11.8 Å². The minimum Gasteiger partial charge on any atom is -0.493 e. The van der Waals surface area contributed by atoms with Gasteiger partial charge in [-0.15, -0.1) is 0 Å². The summed E-state index contributed by atoms with van der Waals surface area (Å²) in [6.07, 6.45) is 3.42. The first-order valence-corrected chi connectivity index (χ1v) is 27.7. The average Bonchev–Trinajstić information content (AvgIpc) is 3.71. The highest BCUT2D eigenvalue weighted by Crippen LogP contribution is 2.38. The van der Waals surface area contributed by atoms with Crippen molar-refractivity contribution in [1.82, 2.24) is 28.9 Å². The minimum atomic E-state index is -0.581. The van der Waals surface area contributed by atoms with E-state index in [1.54, 1.807) is 12.4 Å². The normalized spacial score (nSPS) is 12.1. The molecular formula is C70H56B2N8O2. The molecule has 0 N–H and O–H groups in total. The molecule has 0 fully saturated rings. The number of hydrogen-bond donors (Lipinski definition) is 0. The molecule has 0 saturated heterocycles. The van der Waals surface area contributed by atoms with Gasteiger partial charge in [0.15, 0.2) is 0 Å². The standard InChI is InChI=1S/C70H56B2N8O2/c1-47(2)45-81-55-34-22-24-49(40-55)67-64-65(70(66(74-5)63-44-76-59-37-19-21-39-61(59)78-63)80(67)72(53-30-14-8-15-31-53)54-32-16-9-17-33-54)68(50-25-23-35-56(41-50)82-46-48(3)4)79(71(51-26-10-6-11-27-51)52-28-12-7-13-29-52)69(64)57(42-73)62-43-75-58-36-18-20-38-60(58)77-62/h6-41,43-44,47-48H,45-46H2,1-4H3/b69-57-,70-66+. The van der Waals surface area contributed by atoms with Gasteiger partial charge in [0.1, 0.15) is 28.8 Å². The Kier molecular flexibility index (Phi) is 14.8. The summed E-state index contributed by atoms with van der Waals surface area (Å²) in [6, 6.07) is 76.3. The zero-order valence-electron chi connectivity index (χ0n) is 46.1. The second-order valence-electron chi connectivity index (χ2n) is 21.2. The van der Waals surface area contributed by atoms with Gasteiger partial charge in [-0.05, 0) is 60.4 Å². The van der Waals surface area contributed by atoms with Gasteiger partial charge in [-0.2, -0.15) is 5.26 Å². The summed E-state index contributed by atoms with van der Waals surface area (Å²) in [5.74, 6) is 1.84. The molecule has 12 rings (SSSR count). The first-order chi connectivity index (χ1) is 40.3. The van der Waals surface area contributed by atoms with E-state index < -0.39 is 13.7 Å². The van der Waals surface area contributed by atoms with Gasteiger partial charge in [-0.1, -0.05) is 219 Å². The van der Waals surface area contributed by atoms with Gasteiger partial charge in [-0.3, -0.25) is 15.0 Å². The highest BCUT2D eigenvalue weighted by Gasteiger charge is 2.37. The summed E-state index contributed by atoms with van der Waals surface area (Å²) in [5.41, 5.74) is 10.9. The van der Waals surface area contributed by atoms with Gasteiger partial charge < -0.3 is 18.4 Å². The van der Waals surface area contributed by atoms with E-state index in [1.807, 2.05) is 97.1 Å². The van der Waals surface area contributed by atoms with Crippen molar-refractivity contribution < 1.29 is 9.47 Å². The fourth-order valence-electron chi connectivity index (χ4n) is 11.1. The molecule has 0 aliphatic heterocycles. The number of rotatable bonds is 16. The molecule has 0 bridgehead atoms. The molecule has 82 heavy (non-hydrogen) atoms. The monoisotopic (exact) mass is 1060 g/mol. The van der Waals surface area contributed by atoms with Crippen LogP contribution in [0.5, 0.6) is 11.5 Å². The molecule has 0 amide bonds. The van der Waals surface area contributed by atoms with E-state index in [-0.39, 0.29) is 23.1 Å². The fourth-order valence-corrected chi connectivity index (χ4v) is 11.1. The van der Waals surface area contributed by atoms with Crippen molar-refractivity contribution in [1.29, 1.82) is 5.26 Å². The van der Waals surface area contributed by atoms with Crippen LogP contribution in [-0.2, 0) is 0 Å². The van der Waals surface area contributed by atoms with Crippen molar-refractivity contribution in [2.75, 3.05) is 13.2 Å². The molecule has 0 spiro atoms. The molecule has 4 aromatic heterocycles. The maximum absolute atomic E-state index is 12.4. The van der Waals surface area contributed by atoms with Gasteiger partial charge in [-0.25, -0.2) is 9.83 Å². The van der Waals surface area contributed by atoms with E-state index in [0.717, 1.165) is 44.4 Å². The maximum atomic E-state index is 12.4. The van der Waals surface area contributed by atoms with Gasteiger partial charge in [0.25, 0.3) is 0 Å². The summed E-state index contributed by atoms with van der Waals surface area (Å²) < 4.78 is 17.9. The smallest absolute Gasteiger partial charge is 0.328 e. The van der Waals surface area contributed by atoms with Crippen LogP contribution >= 0.6 is 0 Å². The van der Waals surface area contributed by atoms with Crippen molar-refractivity contribution in [2.45, 2.75) is 27.7 Å². The Balaban J connectivity index is 1.44. The van der Waals surface area contributed by atoms with Crippen molar-refractivity contribution >= 4 is 79.7 Å². The summed E-state index contributed by atoms with van der Waals surface area (Å²) >= 11 is 0. The van der Waals surface area contributed by atoms with E-state index in [0.29, 0.717) is 79.6 Å². The highest BCUT2D eigenvalue weighted by atomic mass is 16.5. The van der Waals surface area contributed by atoms with Gasteiger partial charge in [0.05, 0.1) is 59.1 Å². The van der Waals surface area contributed by atoms with E-state index in [4.69, 9.17) is 29.4 Å². The van der Waals surface area contributed by atoms with Gasteiger partial charge >= 0.3 is 13.7 Å². The van der Waals surface area contributed by atoms with Crippen LogP contribution in [0.2, 0.25) is 0 Å². The molecule has 0 atom stereocenters. The molecule has 0 radical (unpaired) electrons. The number of ether oxygens (including phenoxy) is 2. The van der Waals surface area contributed by atoms with E-state index in [1.165, 1.54) is 0 Å². The molecular weight excluding hydrogens is 1010 g/mol. The van der Waals surface area contributed by atoms with Crippen LogP contribution in [0.15, 0.2) is 231 Å². The Morgan fingerprint density at radius 2 is 0.866 bits per heavy atom. The van der Waals surface area contributed by atoms with E-state index >= 15 is 0 Å². The topological polar surface area (TPSA) is 108 Å². The number of nitrogens with zero attached hydrogens (tertiary/aromatic N) is 8. The lowest BCUT2D eigenvalue weighted by Crippen LogP contribution is -2.54. The van der Waals surface area contributed by atoms with Crippen LogP contribution in [0.3, 0.4) is 0 Å². The van der Waals surface area contributed by atoms with Crippen molar-refractivity contribution in [3.05, 3.63) is 264 Å². The third kappa shape index (κ3) is 10.2. The Morgan fingerprint density at radius 1 is 0.488 bits per heavy atom. The lowest BCUT2D eigenvalue weighted by Gasteiger charge is -2.25. The number of aromatic nitrogens is 6. The quantitative estimate of drug-likeness (QED) is 0.0700. The van der Waals surface area contributed by atoms with Crippen LogP contribution < -0.4 is 42.0 Å². The number of fused-ring (bicyclic) bond motifs is 3. The Bertz CT molecular complexity index is 4150. The van der Waals surface area contributed by atoms with Crippen LogP contribution in [0.4, 0.5) is 0 Å². The number of benzene rings is 8.